The molecule has 0 aromatic carbocycles. The highest BCUT2D eigenvalue weighted by atomic mass is 19.4. The van der Waals surface area contributed by atoms with E-state index >= 15 is 0 Å². The minimum absolute atomic E-state index is 0.209. The quantitative estimate of drug-likeness (QED) is 0.789. The Labute approximate surface area is 88.8 Å². The molecule has 1 unspecified atom stereocenters. The number of alkyl halides is 3. The molecule has 0 aromatic rings. The Hall–Kier alpha value is -0.290. The Bertz CT molecular complexity index is 192. The van der Waals surface area contributed by atoms with E-state index in [0.717, 1.165) is 12.8 Å². The summed E-state index contributed by atoms with van der Waals surface area (Å²) in [6.45, 7) is 4.34. The Morgan fingerprint density at radius 3 is 2.60 bits per heavy atom. The van der Waals surface area contributed by atoms with Crippen LogP contribution in [0.15, 0.2) is 0 Å². The van der Waals surface area contributed by atoms with Crippen molar-refractivity contribution in [2.24, 2.45) is 0 Å². The minimum Gasteiger partial charge on any atom is -0.311 e. The maximum Gasteiger partial charge on any atom is 0.401 e. The third-order valence-electron chi connectivity index (χ3n) is 2.48. The number of halogens is 3. The van der Waals surface area contributed by atoms with Crippen LogP contribution in [0, 0.1) is 0 Å². The van der Waals surface area contributed by atoms with E-state index in [2.05, 4.69) is 5.32 Å². The summed E-state index contributed by atoms with van der Waals surface area (Å²) in [4.78, 5) is 1.49. The molecule has 90 valence electrons. The molecule has 1 N–H and O–H groups in total. The maximum atomic E-state index is 12.2. The highest BCUT2D eigenvalue weighted by Crippen LogP contribution is 2.19. The lowest BCUT2D eigenvalue weighted by Gasteiger charge is -2.34. The number of rotatable bonds is 3. The van der Waals surface area contributed by atoms with E-state index in [-0.39, 0.29) is 6.04 Å². The van der Waals surface area contributed by atoms with E-state index in [9.17, 15) is 13.2 Å². The first kappa shape index (κ1) is 12.8. The molecule has 0 aliphatic carbocycles. The second-order valence-corrected chi connectivity index (χ2v) is 4.51. The lowest BCUT2D eigenvalue weighted by atomic mass is 10.1. The molecule has 1 heterocycles. The number of nitrogens with one attached hydrogen (secondary N) is 1. The third-order valence-corrected chi connectivity index (χ3v) is 2.48. The van der Waals surface area contributed by atoms with Gasteiger partial charge in [-0.05, 0) is 19.4 Å². The van der Waals surface area contributed by atoms with Crippen molar-refractivity contribution in [2.45, 2.75) is 44.9 Å². The monoisotopic (exact) mass is 224 g/mol. The zero-order valence-corrected chi connectivity index (χ0v) is 9.27. The molecule has 1 aliphatic rings. The lowest BCUT2D eigenvalue weighted by Crippen LogP contribution is -2.50. The van der Waals surface area contributed by atoms with Crippen molar-refractivity contribution in [3.8, 4) is 0 Å². The standard InChI is InChI=1S/C10H19F3N2/c1-8(2)14-9-4-3-5-15(6-9)7-10(11,12)13/h8-9,14H,3-7H2,1-2H3. The van der Waals surface area contributed by atoms with Gasteiger partial charge >= 0.3 is 6.18 Å². The zero-order chi connectivity index (χ0) is 11.5. The molecule has 1 aliphatic heterocycles. The van der Waals surface area contributed by atoms with Gasteiger partial charge in [0.1, 0.15) is 0 Å². The predicted molar refractivity (Wildman–Crippen MR) is 53.8 cm³/mol. The van der Waals surface area contributed by atoms with Crippen LogP contribution in [0.3, 0.4) is 0 Å². The van der Waals surface area contributed by atoms with Gasteiger partial charge in [0.15, 0.2) is 0 Å². The van der Waals surface area contributed by atoms with E-state index in [1.807, 2.05) is 13.8 Å². The summed E-state index contributed by atoms with van der Waals surface area (Å²) in [5.41, 5.74) is 0. The molecule has 15 heavy (non-hydrogen) atoms. The summed E-state index contributed by atoms with van der Waals surface area (Å²) < 4.78 is 36.5. The molecule has 0 spiro atoms. The van der Waals surface area contributed by atoms with Gasteiger partial charge in [-0.25, -0.2) is 0 Å². The molecule has 2 nitrogen and oxygen atoms in total. The van der Waals surface area contributed by atoms with Crippen LogP contribution in [0.2, 0.25) is 0 Å². The Balaban J connectivity index is 2.35. The van der Waals surface area contributed by atoms with Gasteiger partial charge in [0.2, 0.25) is 0 Å². The molecule has 0 amide bonds. The highest BCUT2D eigenvalue weighted by Gasteiger charge is 2.32. The van der Waals surface area contributed by atoms with E-state index < -0.39 is 12.7 Å². The molecule has 0 aromatic heterocycles. The van der Waals surface area contributed by atoms with E-state index in [0.29, 0.717) is 19.1 Å². The van der Waals surface area contributed by atoms with Gasteiger partial charge in [0, 0.05) is 18.6 Å². The average Bonchev–Trinajstić information content (AvgIpc) is 1.99. The molecule has 0 radical (unpaired) electrons. The summed E-state index contributed by atoms with van der Waals surface area (Å²) >= 11 is 0. The van der Waals surface area contributed by atoms with Crippen LogP contribution in [0.4, 0.5) is 13.2 Å². The molecular formula is C10H19F3N2. The van der Waals surface area contributed by atoms with Crippen molar-refractivity contribution < 1.29 is 13.2 Å². The van der Waals surface area contributed by atoms with Gasteiger partial charge in [-0.3, -0.25) is 4.90 Å². The van der Waals surface area contributed by atoms with E-state index in [1.165, 1.54) is 4.90 Å². The molecule has 1 rings (SSSR count). The summed E-state index contributed by atoms with van der Waals surface area (Å²) in [7, 11) is 0. The number of piperidine rings is 1. The van der Waals surface area contributed by atoms with Gasteiger partial charge in [0.25, 0.3) is 0 Å². The number of nitrogens with zero attached hydrogens (tertiary/aromatic N) is 1. The number of hydrogen-bond acceptors (Lipinski definition) is 2. The van der Waals surface area contributed by atoms with Crippen LogP contribution in [0.1, 0.15) is 26.7 Å². The van der Waals surface area contributed by atoms with Crippen LogP contribution in [0.25, 0.3) is 0 Å². The van der Waals surface area contributed by atoms with E-state index in [4.69, 9.17) is 0 Å². The molecular weight excluding hydrogens is 205 g/mol. The topological polar surface area (TPSA) is 15.3 Å². The van der Waals surface area contributed by atoms with Crippen LogP contribution >= 0.6 is 0 Å². The first-order valence-electron chi connectivity index (χ1n) is 5.42. The van der Waals surface area contributed by atoms with Crippen molar-refractivity contribution in [3.63, 3.8) is 0 Å². The smallest absolute Gasteiger partial charge is 0.311 e. The van der Waals surface area contributed by atoms with Gasteiger partial charge < -0.3 is 5.32 Å². The summed E-state index contributed by atoms with van der Waals surface area (Å²) in [5.74, 6) is 0. The van der Waals surface area contributed by atoms with Gasteiger partial charge in [0.05, 0.1) is 6.54 Å². The molecule has 1 fully saturated rings. The van der Waals surface area contributed by atoms with Crippen LogP contribution in [-0.2, 0) is 0 Å². The summed E-state index contributed by atoms with van der Waals surface area (Å²) in [6.07, 6.45) is -2.24. The van der Waals surface area contributed by atoms with Crippen LogP contribution in [0.5, 0.6) is 0 Å². The van der Waals surface area contributed by atoms with Crippen molar-refractivity contribution in [1.82, 2.24) is 10.2 Å². The van der Waals surface area contributed by atoms with Gasteiger partial charge in [-0.15, -0.1) is 0 Å². The maximum absolute atomic E-state index is 12.2. The molecule has 1 atom stereocenters. The molecule has 0 saturated carbocycles. The molecule has 0 bridgehead atoms. The fourth-order valence-electron chi connectivity index (χ4n) is 2.06. The summed E-state index contributed by atoms with van der Waals surface area (Å²) in [5, 5.41) is 3.29. The normalized spacial score (nSPS) is 24.8. The predicted octanol–water partition coefficient (Wildman–Crippen LogP) is 2.01. The summed E-state index contributed by atoms with van der Waals surface area (Å²) in [6, 6.07) is 0.543. The van der Waals surface area contributed by atoms with Crippen LogP contribution < -0.4 is 5.32 Å². The van der Waals surface area contributed by atoms with Gasteiger partial charge in [-0.2, -0.15) is 13.2 Å². The number of likely N-dealkylation sites (tertiary alicyclic amines) is 1. The zero-order valence-electron chi connectivity index (χ0n) is 9.27. The van der Waals surface area contributed by atoms with Crippen molar-refractivity contribution >= 4 is 0 Å². The van der Waals surface area contributed by atoms with Crippen LogP contribution in [-0.4, -0.2) is 42.8 Å². The third kappa shape index (κ3) is 5.37. The first-order valence-corrected chi connectivity index (χ1v) is 5.42. The van der Waals surface area contributed by atoms with Crippen molar-refractivity contribution in [1.29, 1.82) is 0 Å². The number of hydrogen-bond donors (Lipinski definition) is 1. The average molecular weight is 224 g/mol. The second kappa shape index (κ2) is 5.16. The Kier molecular flexibility index (Phi) is 4.40. The first-order chi connectivity index (χ1) is 6.87. The highest BCUT2D eigenvalue weighted by molar-refractivity contribution is 4.80. The van der Waals surface area contributed by atoms with Crippen molar-refractivity contribution in [3.05, 3.63) is 0 Å². The molecule has 1 saturated heterocycles. The SMILES string of the molecule is CC(C)NC1CCCN(CC(F)(F)F)C1. The van der Waals surface area contributed by atoms with Gasteiger partial charge in [-0.1, -0.05) is 13.8 Å². The minimum atomic E-state index is -4.07. The Morgan fingerprint density at radius 1 is 1.40 bits per heavy atom. The van der Waals surface area contributed by atoms with Crippen molar-refractivity contribution in [2.75, 3.05) is 19.6 Å². The fraction of sp³-hybridized carbons (Fsp3) is 1.00. The van der Waals surface area contributed by atoms with E-state index in [1.54, 1.807) is 0 Å². The molecule has 5 heteroatoms. The second-order valence-electron chi connectivity index (χ2n) is 4.51. The largest absolute Gasteiger partial charge is 0.401 e. The fourth-order valence-corrected chi connectivity index (χ4v) is 2.06. The lowest BCUT2D eigenvalue weighted by molar-refractivity contribution is -0.148. The Morgan fingerprint density at radius 2 is 2.07 bits per heavy atom.